The third-order valence-corrected chi connectivity index (χ3v) is 3.11. The Bertz CT molecular complexity index is 583. The Morgan fingerprint density at radius 1 is 1.56 bits per heavy atom. The van der Waals surface area contributed by atoms with E-state index in [1.807, 2.05) is 0 Å². The standard InChI is InChI=1S/C11H11N3O3S/c1-7-4-8(14(15)16)2-3-10(7)17-6-9-5-13-11(12)18-9/h2-5H,6H2,1H3,(H2,12,13). The highest BCUT2D eigenvalue weighted by molar-refractivity contribution is 7.15. The topological polar surface area (TPSA) is 91.3 Å². The van der Waals surface area contributed by atoms with Crippen molar-refractivity contribution in [1.29, 1.82) is 0 Å². The summed E-state index contributed by atoms with van der Waals surface area (Å²) in [4.78, 5) is 15.0. The fraction of sp³-hybridized carbons (Fsp3) is 0.182. The SMILES string of the molecule is Cc1cc([N+](=O)[O-])ccc1OCc1cnc(N)s1. The molecule has 1 aromatic heterocycles. The third kappa shape index (κ3) is 2.75. The van der Waals surface area contributed by atoms with Gasteiger partial charge in [-0.1, -0.05) is 11.3 Å². The van der Waals surface area contributed by atoms with Gasteiger partial charge in [-0.25, -0.2) is 4.98 Å². The zero-order valence-electron chi connectivity index (χ0n) is 9.62. The molecule has 0 atom stereocenters. The van der Waals surface area contributed by atoms with E-state index in [0.29, 0.717) is 17.5 Å². The van der Waals surface area contributed by atoms with Crippen molar-refractivity contribution in [2.45, 2.75) is 13.5 Å². The second-order valence-electron chi connectivity index (χ2n) is 3.66. The number of hydrogen-bond acceptors (Lipinski definition) is 6. The van der Waals surface area contributed by atoms with Gasteiger partial charge >= 0.3 is 0 Å². The lowest BCUT2D eigenvalue weighted by Crippen LogP contribution is -1.96. The number of nitrogens with two attached hydrogens (primary N) is 1. The van der Waals surface area contributed by atoms with Crippen LogP contribution in [0.5, 0.6) is 5.75 Å². The molecule has 2 rings (SSSR count). The maximum Gasteiger partial charge on any atom is 0.269 e. The Morgan fingerprint density at radius 3 is 2.89 bits per heavy atom. The van der Waals surface area contributed by atoms with E-state index < -0.39 is 4.92 Å². The maximum absolute atomic E-state index is 10.6. The van der Waals surface area contributed by atoms with Gasteiger partial charge in [-0.2, -0.15) is 0 Å². The van der Waals surface area contributed by atoms with Crippen LogP contribution in [0.3, 0.4) is 0 Å². The van der Waals surface area contributed by atoms with Gasteiger partial charge < -0.3 is 10.5 Å². The average molecular weight is 265 g/mol. The third-order valence-electron chi connectivity index (χ3n) is 2.31. The number of nitro groups is 1. The number of hydrogen-bond donors (Lipinski definition) is 1. The minimum Gasteiger partial charge on any atom is -0.488 e. The summed E-state index contributed by atoms with van der Waals surface area (Å²) in [6.07, 6.45) is 1.65. The molecule has 0 aliphatic rings. The van der Waals surface area contributed by atoms with Gasteiger partial charge in [-0.15, -0.1) is 0 Å². The number of ether oxygens (including phenoxy) is 1. The monoisotopic (exact) mass is 265 g/mol. The number of non-ortho nitro benzene ring substituents is 1. The summed E-state index contributed by atoms with van der Waals surface area (Å²) in [5.41, 5.74) is 6.29. The summed E-state index contributed by atoms with van der Waals surface area (Å²) in [5, 5.41) is 11.1. The summed E-state index contributed by atoms with van der Waals surface area (Å²) < 4.78 is 5.56. The molecular weight excluding hydrogens is 254 g/mol. The minimum absolute atomic E-state index is 0.0573. The molecule has 6 nitrogen and oxygen atoms in total. The molecule has 7 heteroatoms. The average Bonchev–Trinajstić information content (AvgIpc) is 2.73. The van der Waals surface area contributed by atoms with E-state index in [0.717, 1.165) is 10.4 Å². The molecule has 94 valence electrons. The number of aromatic nitrogens is 1. The Balaban J connectivity index is 2.08. The molecule has 18 heavy (non-hydrogen) atoms. The summed E-state index contributed by atoms with van der Waals surface area (Å²) in [5.74, 6) is 0.618. The number of rotatable bonds is 4. The molecule has 0 bridgehead atoms. The lowest BCUT2D eigenvalue weighted by molar-refractivity contribution is -0.384. The first-order chi connectivity index (χ1) is 8.56. The van der Waals surface area contributed by atoms with Crippen molar-refractivity contribution >= 4 is 22.2 Å². The Hall–Kier alpha value is -2.15. The van der Waals surface area contributed by atoms with Crippen molar-refractivity contribution in [3.63, 3.8) is 0 Å². The molecule has 0 spiro atoms. The van der Waals surface area contributed by atoms with Gasteiger partial charge in [0.05, 0.1) is 9.80 Å². The second-order valence-corrected chi connectivity index (χ2v) is 4.81. The lowest BCUT2D eigenvalue weighted by atomic mass is 10.2. The van der Waals surface area contributed by atoms with Crippen LogP contribution in [0.15, 0.2) is 24.4 Å². The highest BCUT2D eigenvalue weighted by Crippen LogP contribution is 2.25. The molecule has 1 aromatic carbocycles. The number of nitrogens with zero attached hydrogens (tertiary/aromatic N) is 2. The van der Waals surface area contributed by atoms with Gasteiger partial charge in [0.1, 0.15) is 12.4 Å². The Labute approximate surface area is 107 Å². The molecular formula is C11H11N3O3S. The van der Waals surface area contributed by atoms with Crippen LogP contribution in [-0.4, -0.2) is 9.91 Å². The van der Waals surface area contributed by atoms with Crippen molar-refractivity contribution in [2.75, 3.05) is 5.73 Å². The number of thiazole rings is 1. The van der Waals surface area contributed by atoms with Crippen molar-refractivity contribution < 1.29 is 9.66 Å². The maximum atomic E-state index is 10.6. The van der Waals surface area contributed by atoms with Crippen LogP contribution in [0.25, 0.3) is 0 Å². The van der Waals surface area contributed by atoms with E-state index in [-0.39, 0.29) is 5.69 Å². The molecule has 0 aliphatic heterocycles. The Morgan fingerprint density at radius 2 is 2.33 bits per heavy atom. The van der Waals surface area contributed by atoms with Crippen LogP contribution in [0.1, 0.15) is 10.4 Å². The van der Waals surface area contributed by atoms with E-state index in [2.05, 4.69) is 4.98 Å². The van der Waals surface area contributed by atoms with Crippen LogP contribution in [0.2, 0.25) is 0 Å². The number of anilines is 1. The quantitative estimate of drug-likeness (QED) is 0.677. The van der Waals surface area contributed by atoms with Crippen molar-refractivity contribution in [3.05, 3.63) is 45.0 Å². The molecule has 2 N–H and O–H groups in total. The first-order valence-electron chi connectivity index (χ1n) is 5.14. The second kappa shape index (κ2) is 5.01. The lowest BCUT2D eigenvalue weighted by Gasteiger charge is -2.07. The van der Waals surface area contributed by atoms with Crippen LogP contribution >= 0.6 is 11.3 Å². The van der Waals surface area contributed by atoms with Gasteiger partial charge in [0.15, 0.2) is 5.13 Å². The number of aryl methyl sites for hydroxylation is 1. The molecule has 2 aromatic rings. The Kier molecular flexibility index (Phi) is 3.42. The van der Waals surface area contributed by atoms with Crippen LogP contribution in [0.4, 0.5) is 10.8 Å². The van der Waals surface area contributed by atoms with Gasteiger partial charge in [0.25, 0.3) is 5.69 Å². The summed E-state index contributed by atoms with van der Waals surface area (Å²) in [6.45, 7) is 2.12. The van der Waals surface area contributed by atoms with Crippen molar-refractivity contribution in [3.8, 4) is 5.75 Å². The zero-order chi connectivity index (χ0) is 13.1. The van der Waals surface area contributed by atoms with E-state index in [1.165, 1.54) is 23.5 Å². The predicted octanol–water partition coefficient (Wildman–Crippen LogP) is 2.52. The van der Waals surface area contributed by atoms with Gasteiger partial charge in [0.2, 0.25) is 0 Å². The molecule has 0 unspecified atom stereocenters. The first kappa shape index (κ1) is 12.3. The van der Waals surface area contributed by atoms with Gasteiger partial charge in [0, 0.05) is 18.3 Å². The molecule has 0 saturated heterocycles. The first-order valence-corrected chi connectivity index (χ1v) is 5.96. The fourth-order valence-corrected chi connectivity index (χ4v) is 2.04. The summed E-state index contributed by atoms with van der Waals surface area (Å²) >= 11 is 1.35. The van der Waals surface area contributed by atoms with E-state index >= 15 is 0 Å². The van der Waals surface area contributed by atoms with Crippen LogP contribution in [-0.2, 0) is 6.61 Å². The van der Waals surface area contributed by atoms with E-state index in [9.17, 15) is 10.1 Å². The van der Waals surface area contributed by atoms with Gasteiger partial charge in [-0.3, -0.25) is 10.1 Å². The van der Waals surface area contributed by atoms with Gasteiger partial charge in [-0.05, 0) is 18.6 Å². The molecule has 0 aliphatic carbocycles. The van der Waals surface area contributed by atoms with E-state index in [1.54, 1.807) is 19.2 Å². The molecule has 0 saturated carbocycles. The zero-order valence-corrected chi connectivity index (χ0v) is 10.4. The van der Waals surface area contributed by atoms with Crippen LogP contribution < -0.4 is 10.5 Å². The molecule has 0 amide bonds. The number of benzene rings is 1. The largest absolute Gasteiger partial charge is 0.488 e. The van der Waals surface area contributed by atoms with Crippen molar-refractivity contribution in [1.82, 2.24) is 4.98 Å². The normalized spacial score (nSPS) is 10.3. The minimum atomic E-state index is -0.430. The molecule has 0 radical (unpaired) electrons. The summed E-state index contributed by atoms with van der Waals surface area (Å²) in [6, 6.07) is 4.50. The number of nitrogen functional groups attached to an aromatic ring is 1. The predicted molar refractivity (Wildman–Crippen MR) is 68.7 cm³/mol. The van der Waals surface area contributed by atoms with Crippen LogP contribution in [0, 0.1) is 17.0 Å². The number of nitro benzene ring substituents is 1. The molecule has 1 heterocycles. The molecule has 0 fully saturated rings. The van der Waals surface area contributed by atoms with Crippen molar-refractivity contribution in [2.24, 2.45) is 0 Å². The fourth-order valence-electron chi connectivity index (χ4n) is 1.45. The highest BCUT2D eigenvalue weighted by Gasteiger charge is 2.09. The smallest absolute Gasteiger partial charge is 0.269 e. The summed E-state index contributed by atoms with van der Waals surface area (Å²) in [7, 11) is 0. The van der Waals surface area contributed by atoms with E-state index in [4.69, 9.17) is 10.5 Å². The highest BCUT2D eigenvalue weighted by atomic mass is 32.1.